The summed E-state index contributed by atoms with van der Waals surface area (Å²) in [6.45, 7) is 4.63. The summed E-state index contributed by atoms with van der Waals surface area (Å²) < 4.78 is 15.3. The minimum atomic E-state index is -0.252. The van der Waals surface area contributed by atoms with E-state index >= 15 is 0 Å². The van der Waals surface area contributed by atoms with Crippen LogP contribution in [-0.4, -0.2) is 15.0 Å². The average molecular weight is 307 g/mol. The molecule has 0 atom stereocenters. The molecule has 0 unspecified atom stereocenters. The number of benzene rings is 2. The highest BCUT2D eigenvalue weighted by Gasteiger charge is 2.09. The number of hydrogen-bond donors (Lipinski definition) is 0. The van der Waals surface area contributed by atoms with Crippen molar-refractivity contribution >= 4 is 6.08 Å². The van der Waals surface area contributed by atoms with Crippen molar-refractivity contribution in [1.82, 2.24) is 15.0 Å². The summed E-state index contributed by atoms with van der Waals surface area (Å²) in [4.78, 5) is 0. The van der Waals surface area contributed by atoms with Gasteiger partial charge in [-0.25, -0.2) is 9.07 Å². The van der Waals surface area contributed by atoms with Gasteiger partial charge in [0.15, 0.2) is 0 Å². The monoisotopic (exact) mass is 307 g/mol. The first-order chi connectivity index (χ1) is 11.1. The molecule has 0 aliphatic carbocycles. The number of halogens is 1. The first kappa shape index (κ1) is 15.2. The van der Waals surface area contributed by atoms with Crippen molar-refractivity contribution in [2.24, 2.45) is 0 Å². The lowest BCUT2D eigenvalue weighted by Crippen LogP contribution is -1.99. The highest BCUT2D eigenvalue weighted by atomic mass is 19.1. The average Bonchev–Trinajstić information content (AvgIpc) is 2.96. The van der Waals surface area contributed by atoms with Gasteiger partial charge in [0.2, 0.25) is 0 Å². The molecule has 3 nitrogen and oxygen atoms in total. The smallest absolute Gasteiger partial charge is 0.123 e. The van der Waals surface area contributed by atoms with Gasteiger partial charge in [-0.1, -0.05) is 47.2 Å². The summed E-state index contributed by atoms with van der Waals surface area (Å²) in [6, 6.07) is 14.8. The molecule has 1 heterocycles. The first-order valence-electron chi connectivity index (χ1n) is 7.51. The lowest BCUT2D eigenvalue weighted by Gasteiger charge is -2.04. The third-order valence-corrected chi connectivity index (χ3v) is 3.46. The second-order valence-electron chi connectivity index (χ2n) is 5.74. The summed E-state index contributed by atoms with van der Waals surface area (Å²) in [5.74, 6) is -0.252. The van der Waals surface area contributed by atoms with E-state index in [-0.39, 0.29) is 5.82 Å². The molecule has 23 heavy (non-hydrogen) atoms. The molecule has 2 aromatic carbocycles. The van der Waals surface area contributed by atoms with Gasteiger partial charge in [0.1, 0.15) is 11.5 Å². The van der Waals surface area contributed by atoms with Crippen molar-refractivity contribution in [3.8, 4) is 11.3 Å². The Hall–Kier alpha value is -2.75. The lowest BCUT2D eigenvalue weighted by atomic mass is 10.0. The van der Waals surface area contributed by atoms with E-state index in [0.29, 0.717) is 6.54 Å². The maximum Gasteiger partial charge on any atom is 0.123 e. The Morgan fingerprint density at radius 3 is 2.65 bits per heavy atom. The quantitative estimate of drug-likeness (QED) is 0.707. The van der Waals surface area contributed by atoms with Gasteiger partial charge < -0.3 is 0 Å². The molecule has 116 valence electrons. The molecule has 0 bridgehead atoms. The van der Waals surface area contributed by atoms with Gasteiger partial charge in [-0.05, 0) is 43.2 Å². The maximum absolute atomic E-state index is 13.5. The van der Waals surface area contributed by atoms with Gasteiger partial charge in [-0.2, -0.15) is 0 Å². The van der Waals surface area contributed by atoms with Crippen molar-refractivity contribution in [2.75, 3.05) is 0 Å². The molecule has 0 N–H and O–H groups in total. The van der Waals surface area contributed by atoms with Crippen molar-refractivity contribution < 1.29 is 4.39 Å². The summed E-state index contributed by atoms with van der Waals surface area (Å²) >= 11 is 0. The minimum absolute atomic E-state index is 0.252. The number of nitrogens with zero attached hydrogens (tertiary/aromatic N) is 3. The van der Waals surface area contributed by atoms with Gasteiger partial charge in [-0.15, -0.1) is 5.10 Å². The largest absolute Gasteiger partial charge is 0.247 e. The van der Waals surface area contributed by atoms with Crippen LogP contribution in [0, 0.1) is 5.82 Å². The minimum Gasteiger partial charge on any atom is -0.247 e. The molecule has 1 aromatic heterocycles. The molecule has 0 aliphatic heterocycles. The highest BCUT2D eigenvalue weighted by molar-refractivity contribution is 5.73. The predicted molar refractivity (Wildman–Crippen MR) is 90.3 cm³/mol. The molecular weight excluding hydrogens is 289 g/mol. The SMILES string of the molecule is CC(C)=Cc1cc(F)ccc1-c1cn(Cc2ccccc2)nn1. The van der Waals surface area contributed by atoms with Gasteiger partial charge in [-0.3, -0.25) is 0 Å². The van der Waals surface area contributed by atoms with Crippen LogP contribution in [0.1, 0.15) is 25.0 Å². The van der Waals surface area contributed by atoms with Crippen LogP contribution in [0.4, 0.5) is 4.39 Å². The Bertz CT molecular complexity index is 831. The summed E-state index contributed by atoms with van der Waals surface area (Å²) in [5, 5.41) is 8.42. The van der Waals surface area contributed by atoms with Crippen LogP contribution in [0.3, 0.4) is 0 Å². The van der Waals surface area contributed by atoms with Crippen LogP contribution < -0.4 is 0 Å². The summed E-state index contributed by atoms with van der Waals surface area (Å²) in [5.41, 5.74) is 4.71. The van der Waals surface area contributed by atoms with Crippen molar-refractivity contribution in [2.45, 2.75) is 20.4 Å². The predicted octanol–water partition coefficient (Wildman–Crippen LogP) is 4.56. The second-order valence-corrected chi connectivity index (χ2v) is 5.74. The van der Waals surface area contributed by atoms with E-state index in [1.165, 1.54) is 12.1 Å². The molecule has 0 saturated heterocycles. The van der Waals surface area contributed by atoms with Crippen LogP contribution in [-0.2, 0) is 6.54 Å². The van der Waals surface area contributed by atoms with E-state index in [2.05, 4.69) is 10.3 Å². The zero-order valence-electron chi connectivity index (χ0n) is 13.2. The Balaban J connectivity index is 1.93. The molecule has 0 fully saturated rings. The molecule has 4 heteroatoms. The van der Waals surface area contributed by atoms with Gasteiger partial charge in [0, 0.05) is 5.56 Å². The molecule has 3 rings (SSSR count). The van der Waals surface area contributed by atoms with Crippen LogP contribution in [0.5, 0.6) is 0 Å². The number of rotatable bonds is 4. The molecular formula is C19H18FN3. The normalized spacial score (nSPS) is 10.6. The van der Waals surface area contributed by atoms with E-state index in [9.17, 15) is 4.39 Å². The van der Waals surface area contributed by atoms with Crippen molar-refractivity contribution in [3.63, 3.8) is 0 Å². The van der Waals surface area contributed by atoms with Crippen LogP contribution in [0.15, 0.2) is 60.3 Å². The van der Waals surface area contributed by atoms with Crippen molar-refractivity contribution in [1.29, 1.82) is 0 Å². The fourth-order valence-corrected chi connectivity index (χ4v) is 2.47. The van der Waals surface area contributed by atoms with Gasteiger partial charge >= 0.3 is 0 Å². The van der Waals surface area contributed by atoms with E-state index in [0.717, 1.165) is 28.0 Å². The van der Waals surface area contributed by atoms with Gasteiger partial charge in [0.25, 0.3) is 0 Å². The van der Waals surface area contributed by atoms with Crippen LogP contribution >= 0.6 is 0 Å². The number of allylic oxidation sites excluding steroid dienone is 1. The van der Waals surface area contributed by atoms with Crippen LogP contribution in [0.2, 0.25) is 0 Å². The van der Waals surface area contributed by atoms with E-state index in [1.54, 1.807) is 10.7 Å². The third kappa shape index (κ3) is 3.72. The summed E-state index contributed by atoms with van der Waals surface area (Å²) in [7, 11) is 0. The van der Waals surface area contributed by atoms with E-state index in [1.807, 2.05) is 56.5 Å². The Morgan fingerprint density at radius 1 is 1.13 bits per heavy atom. The molecule has 0 spiro atoms. The van der Waals surface area contributed by atoms with Crippen LogP contribution in [0.25, 0.3) is 17.3 Å². The molecule has 0 saturated carbocycles. The number of hydrogen-bond acceptors (Lipinski definition) is 2. The second kappa shape index (κ2) is 6.57. The standard InChI is InChI=1S/C19H18FN3/c1-14(2)10-16-11-17(20)8-9-18(16)19-13-23(22-21-19)12-15-6-4-3-5-7-15/h3-11,13H,12H2,1-2H3. The van der Waals surface area contributed by atoms with E-state index in [4.69, 9.17) is 0 Å². The van der Waals surface area contributed by atoms with Crippen molar-refractivity contribution in [3.05, 3.63) is 77.2 Å². The highest BCUT2D eigenvalue weighted by Crippen LogP contribution is 2.24. The zero-order chi connectivity index (χ0) is 16.2. The lowest BCUT2D eigenvalue weighted by molar-refractivity contribution is 0.627. The fourth-order valence-electron chi connectivity index (χ4n) is 2.47. The molecule has 3 aromatic rings. The third-order valence-electron chi connectivity index (χ3n) is 3.46. The van der Waals surface area contributed by atoms with E-state index < -0.39 is 0 Å². The van der Waals surface area contributed by atoms with Gasteiger partial charge in [0.05, 0.1) is 12.7 Å². The Labute approximate surface area is 135 Å². The topological polar surface area (TPSA) is 30.7 Å². The Kier molecular flexibility index (Phi) is 4.33. The zero-order valence-corrected chi connectivity index (χ0v) is 13.2. The number of aromatic nitrogens is 3. The molecule has 0 aliphatic rings. The molecule has 0 amide bonds. The summed E-state index contributed by atoms with van der Waals surface area (Å²) in [6.07, 6.45) is 3.84. The first-order valence-corrected chi connectivity index (χ1v) is 7.51. The Morgan fingerprint density at radius 2 is 1.91 bits per heavy atom. The maximum atomic E-state index is 13.5. The fraction of sp³-hybridized carbons (Fsp3) is 0.158. The molecule has 0 radical (unpaired) electrons.